The third kappa shape index (κ3) is 3.45. The molecule has 0 atom stereocenters. The summed E-state index contributed by atoms with van der Waals surface area (Å²) in [5.41, 5.74) is 0.548. The summed E-state index contributed by atoms with van der Waals surface area (Å²) in [6.07, 6.45) is 3.78. The van der Waals surface area contributed by atoms with Gasteiger partial charge in [0.05, 0.1) is 5.56 Å². The first-order chi connectivity index (χ1) is 9.13. The minimum absolute atomic E-state index is 0.0532. The number of aliphatic hydroxyl groups excluding tert-OH is 1. The Morgan fingerprint density at radius 3 is 2.74 bits per heavy atom. The van der Waals surface area contributed by atoms with Crippen molar-refractivity contribution in [2.24, 2.45) is 0 Å². The molecule has 1 aliphatic rings. The highest BCUT2D eigenvalue weighted by Gasteiger charge is 2.29. The lowest BCUT2D eigenvalue weighted by Gasteiger charge is -2.37. The lowest BCUT2D eigenvalue weighted by atomic mass is 9.90. The summed E-state index contributed by atoms with van der Waals surface area (Å²) < 4.78 is 13.7. The molecule has 1 amide bonds. The molecule has 2 rings (SSSR count). The zero-order valence-corrected chi connectivity index (χ0v) is 12.8. The molecule has 1 saturated carbocycles. The Hall–Kier alpha value is -0.690. The van der Waals surface area contributed by atoms with Crippen molar-refractivity contribution >= 4 is 28.5 Å². The number of benzene rings is 1. The normalized spacial score (nSPS) is 15.1. The fourth-order valence-electron chi connectivity index (χ4n) is 2.21. The number of hydrogen-bond acceptors (Lipinski definition) is 2. The molecule has 0 aromatic heterocycles. The third-order valence-corrected chi connectivity index (χ3v) is 4.39. The fraction of sp³-hybridized carbons (Fsp3) is 0.500. The first-order valence-electron chi connectivity index (χ1n) is 6.50. The summed E-state index contributed by atoms with van der Waals surface area (Å²) in [7, 11) is 0. The summed E-state index contributed by atoms with van der Waals surface area (Å²) in [6, 6.07) is 4.52. The molecule has 0 unspecified atom stereocenters. The third-order valence-electron chi connectivity index (χ3n) is 3.50. The predicted molar refractivity (Wildman–Crippen MR) is 79.5 cm³/mol. The summed E-state index contributed by atoms with van der Waals surface area (Å²) in [6.45, 7) is 0.643. The minimum Gasteiger partial charge on any atom is -0.396 e. The molecule has 1 N–H and O–H groups in total. The molecule has 1 aromatic carbocycles. The average molecular weight is 377 g/mol. The molecule has 0 bridgehead atoms. The second-order valence-corrected chi connectivity index (χ2v) is 5.95. The summed E-state index contributed by atoms with van der Waals surface area (Å²) >= 11 is 1.99. The number of nitrogens with zero attached hydrogens (tertiary/aromatic N) is 1. The van der Waals surface area contributed by atoms with Crippen molar-refractivity contribution in [3.05, 3.63) is 33.1 Å². The van der Waals surface area contributed by atoms with Crippen LogP contribution < -0.4 is 0 Å². The van der Waals surface area contributed by atoms with Crippen LogP contribution in [-0.2, 0) is 0 Å². The van der Waals surface area contributed by atoms with Gasteiger partial charge in [0, 0.05) is 22.8 Å². The molecule has 1 aromatic rings. The van der Waals surface area contributed by atoms with Crippen LogP contribution in [0.5, 0.6) is 0 Å². The molecule has 0 aliphatic heterocycles. The molecule has 104 valence electrons. The first kappa shape index (κ1) is 14.7. The summed E-state index contributed by atoms with van der Waals surface area (Å²) in [5, 5.41) is 8.94. The van der Waals surface area contributed by atoms with E-state index in [-0.39, 0.29) is 24.4 Å². The Labute approximate surface area is 125 Å². The van der Waals surface area contributed by atoms with Crippen molar-refractivity contribution < 1.29 is 14.3 Å². The fourth-order valence-corrected chi connectivity index (χ4v) is 2.91. The van der Waals surface area contributed by atoms with Gasteiger partial charge in [0.15, 0.2) is 0 Å². The van der Waals surface area contributed by atoms with E-state index in [1.54, 1.807) is 6.07 Å². The van der Waals surface area contributed by atoms with Gasteiger partial charge in [-0.15, -0.1) is 0 Å². The SMILES string of the molecule is O=C(c1ccc(F)cc1I)N(CCCO)C1CCC1. The highest BCUT2D eigenvalue weighted by molar-refractivity contribution is 14.1. The molecule has 0 saturated heterocycles. The van der Waals surface area contributed by atoms with Gasteiger partial charge in [0.2, 0.25) is 0 Å². The Balaban J connectivity index is 2.17. The van der Waals surface area contributed by atoms with Gasteiger partial charge in [-0.25, -0.2) is 4.39 Å². The maximum absolute atomic E-state index is 13.1. The number of carbonyl (C=O) groups is 1. The second-order valence-electron chi connectivity index (χ2n) is 4.78. The van der Waals surface area contributed by atoms with Crippen molar-refractivity contribution in [1.82, 2.24) is 4.90 Å². The quantitative estimate of drug-likeness (QED) is 0.802. The maximum Gasteiger partial charge on any atom is 0.255 e. The summed E-state index contributed by atoms with van der Waals surface area (Å²) in [4.78, 5) is 14.4. The van der Waals surface area contributed by atoms with Crippen LogP contribution in [0.25, 0.3) is 0 Å². The molecule has 0 radical (unpaired) electrons. The van der Waals surface area contributed by atoms with Gasteiger partial charge in [-0.2, -0.15) is 0 Å². The molecule has 1 fully saturated rings. The van der Waals surface area contributed by atoms with Crippen LogP contribution in [0.1, 0.15) is 36.0 Å². The molecular formula is C14H17FINO2. The van der Waals surface area contributed by atoms with Gasteiger partial charge in [-0.1, -0.05) is 0 Å². The van der Waals surface area contributed by atoms with E-state index in [0.29, 0.717) is 22.1 Å². The van der Waals surface area contributed by atoms with Gasteiger partial charge in [-0.05, 0) is 66.5 Å². The zero-order valence-electron chi connectivity index (χ0n) is 10.6. The maximum atomic E-state index is 13.1. The van der Waals surface area contributed by atoms with Crippen LogP contribution in [0.3, 0.4) is 0 Å². The highest BCUT2D eigenvalue weighted by atomic mass is 127. The molecule has 0 spiro atoms. The van der Waals surface area contributed by atoms with Crippen LogP contribution in [0, 0.1) is 9.39 Å². The Kier molecular flexibility index (Phi) is 5.15. The Bertz CT molecular complexity index is 463. The average Bonchev–Trinajstić information content (AvgIpc) is 2.31. The lowest BCUT2D eigenvalue weighted by molar-refractivity contribution is 0.0561. The van der Waals surface area contributed by atoms with E-state index in [1.165, 1.54) is 12.1 Å². The Morgan fingerprint density at radius 1 is 1.47 bits per heavy atom. The molecule has 3 nitrogen and oxygen atoms in total. The number of rotatable bonds is 5. The van der Waals surface area contributed by atoms with Gasteiger partial charge in [0.1, 0.15) is 5.82 Å². The summed E-state index contributed by atoms with van der Waals surface area (Å²) in [5.74, 6) is -0.381. The lowest BCUT2D eigenvalue weighted by Crippen LogP contribution is -2.45. The number of amides is 1. The first-order valence-corrected chi connectivity index (χ1v) is 7.58. The number of hydrogen-bond donors (Lipinski definition) is 1. The zero-order chi connectivity index (χ0) is 13.8. The van der Waals surface area contributed by atoms with Gasteiger partial charge in [-0.3, -0.25) is 4.79 Å². The Morgan fingerprint density at radius 2 is 2.21 bits per heavy atom. The van der Waals surface area contributed by atoms with Crippen LogP contribution in [0.4, 0.5) is 4.39 Å². The monoisotopic (exact) mass is 377 g/mol. The van der Waals surface area contributed by atoms with Gasteiger partial charge in [0.25, 0.3) is 5.91 Å². The van der Waals surface area contributed by atoms with Crippen molar-refractivity contribution in [1.29, 1.82) is 0 Å². The molecule has 19 heavy (non-hydrogen) atoms. The largest absolute Gasteiger partial charge is 0.396 e. The van der Waals surface area contributed by atoms with E-state index in [1.807, 2.05) is 27.5 Å². The van der Waals surface area contributed by atoms with Crippen LogP contribution in [0.2, 0.25) is 0 Å². The predicted octanol–water partition coefficient (Wildman–Crippen LogP) is 2.81. The van der Waals surface area contributed by atoms with Gasteiger partial charge < -0.3 is 10.0 Å². The van der Waals surface area contributed by atoms with E-state index >= 15 is 0 Å². The van der Waals surface area contributed by atoms with Crippen molar-refractivity contribution in [3.8, 4) is 0 Å². The number of halogens is 2. The molecule has 1 aliphatic carbocycles. The van der Waals surface area contributed by atoms with Gasteiger partial charge >= 0.3 is 0 Å². The van der Waals surface area contributed by atoms with E-state index in [2.05, 4.69) is 0 Å². The van der Waals surface area contributed by atoms with Crippen molar-refractivity contribution in [3.63, 3.8) is 0 Å². The topological polar surface area (TPSA) is 40.5 Å². The van der Waals surface area contributed by atoms with Crippen molar-refractivity contribution in [2.75, 3.05) is 13.2 Å². The van der Waals surface area contributed by atoms with E-state index in [9.17, 15) is 9.18 Å². The van der Waals surface area contributed by atoms with Crippen LogP contribution >= 0.6 is 22.6 Å². The highest BCUT2D eigenvalue weighted by Crippen LogP contribution is 2.27. The van der Waals surface area contributed by atoms with E-state index in [0.717, 1.165) is 19.3 Å². The second kappa shape index (κ2) is 6.65. The smallest absolute Gasteiger partial charge is 0.255 e. The molecule has 0 heterocycles. The van der Waals surface area contributed by atoms with Crippen LogP contribution in [0.15, 0.2) is 18.2 Å². The minimum atomic E-state index is -0.327. The molecule has 5 heteroatoms. The number of aliphatic hydroxyl groups is 1. The number of carbonyl (C=O) groups excluding carboxylic acids is 1. The molecular weight excluding hydrogens is 360 g/mol. The van der Waals surface area contributed by atoms with E-state index < -0.39 is 0 Å². The standard InChI is InChI=1S/C14H17FINO2/c15-10-5-6-12(13(16)9-10)14(19)17(7-2-8-18)11-3-1-4-11/h5-6,9,11,18H,1-4,7-8H2. The van der Waals surface area contributed by atoms with E-state index in [4.69, 9.17) is 5.11 Å². The van der Waals surface area contributed by atoms with Crippen LogP contribution in [-0.4, -0.2) is 35.1 Å². The van der Waals surface area contributed by atoms with Crippen molar-refractivity contribution in [2.45, 2.75) is 31.7 Å².